The second-order valence-corrected chi connectivity index (χ2v) is 12.5. The third kappa shape index (κ3) is 4.09. The number of fused-ring (bicyclic) bond motifs is 1. The monoisotopic (exact) mass is 478 g/mol. The molecule has 2 aromatic heterocycles. The number of aliphatic hydroxyl groups is 1. The summed E-state index contributed by atoms with van der Waals surface area (Å²) in [5, 5.41) is 18.8. The number of nitrogens with one attached hydrogen (secondary N) is 1. The highest BCUT2D eigenvalue weighted by Crippen LogP contribution is 2.53. The number of halogens is 1. The van der Waals surface area contributed by atoms with Gasteiger partial charge in [0.1, 0.15) is 0 Å². The first-order valence-electron chi connectivity index (χ1n) is 11.0. The molecule has 0 unspecified atom stereocenters. The molecule has 172 valence electrons. The van der Waals surface area contributed by atoms with Crippen molar-refractivity contribution in [3.8, 4) is 0 Å². The van der Waals surface area contributed by atoms with Crippen LogP contribution in [0.1, 0.15) is 85.2 Å². The van der Waals surface area contributed by atoms with Gasteiger partial charge in [0.25, 0.3) is 0 Å². The van der Waals surface area contributed by atoms with Gasteiger partial charge in [0, 0.05) is 27.7 Å². The lowest BCUT2D eigenvalue weighted by Crippen LogP contribution is -2.19. The van der Waals surface area contributed by atoms with Crippen molar-refractivity contribution in [3.05, 3.63) is 39.3 Å². The Morgan fingerprint density at radius 3 is 2.59 bits per heavy atom. The van der Waals surface area contributed by atoms with E-state index >= 15 is 0 Å². The van der Waals surface area contributed by atoms with Crippen LogP contribution in [0.5, 0.6) is 0 Å². The van der Waals surface area contributed by atoms with Gasteiger partial charge in [0.15, 0.2) is 19.9 Å². The summed E-state index contributed by atoms with van der Waals surface area (Å²) in [5.74, 6) is -0.00965. The highest BCUT2D eigenvalue weighted by Gasteiger charge is 2.38. The molecular weight excluding hydrogens is 451 g/mol. The minimum absolute atomic E-state index is 0.260. The summed E-state index contributed by atoms with van der Waals surface area (Å²) in [7, 11) is -3.82. The number of nitrogens with zero attached hydrogens (tertiary/aromatic N) is 2. The SMILES string of the molecule is CC(C)(O)c1cc(F)c([S@@](N)(=O)=NC(=O)Nc2c3c(nc(C4CC4)c2C2CC2)CCC3)s1. The minimum atomic E-state index is -3.82. The molecular formula is C22H27FN4O3S2. The van der Waals surface area contributed by atoms with Crippen molar-refractivity contribution in [2.45, 2.75) is 80.4 Å². The number of amides is 2. The summed E-state index contributed by atoms with van der Waals surface area (Å²) in [4.78, 5) is 18.1. The summed E-state index contributed by atoms with van der Waals surface area (Å²) in [5.41, 5.74) is 3.69. The molecule has 0 bridgehead atoms. The Hall–Kier alpha value is -1.88. The van der Waals surface area contributed by atoms with E-state index in [0.29, 0.717) is 11.8 Å². The first kappa shape index (κ1) is 21.9. The van der Waals surface area contributed by atoms with Crippen molar-refractivity contribution in [1.82, 2.24) is 4.98 Å². The van der Waals surface area contributed by atoms with E-state index in [0.717, 1.165) is 90.6 Å². The van der Waals surface area contributed by atoms with Gasteiger partial charge < -0.3 is 10.4 Å². The highest BCUT2D eigenvalue weighted by atomic mass is 32.2. The van der Waals surface area contributed by atoms with Crippen LogP contribution in [0.2, 0.25) is 0 Å². The molecule has 4 N–H and O–H groups in total. The zero-order valence-electron chi connectivity index (χ0n) is 18.1. The van der Waals surface area contributed by atoms with Gasteiger partial charge in [-0.15, -0.1) is 15.7 Å². The van der Waals surface area contributed by atoms with Crippen LogP contribution in [0.15, 0.2) is 14.6 Å². The van der Waals surface area contributed by atoms with Gasteiger partial charge in [-0.3, -0.25) is 4.98 Å². The van der Waals surface area contributed by atoms with Crippen molar-refractivity contribution >= 4 is 33.0 Å². The number of anilines is 1. The van der Waals surface area contributed by atoms with Crippen molar-refractivity contribution in [1.29, 1.82) is 0 Å². The van der Waals surface area contributed by atoms with Crippen LogP contribution in [0, 0.1) is 5.82 Å². The fourth-order valence-corrected chi connectivity index (χ4v) is 6.70. The average Bonchev–Trinajstić information content (AvgIpc) is 3.60. The normalized spacial score (nSPS) is 20.0. The largest absolute Gasteiger partial charge is 0.385 e. The molecule has 0 spiro atoms. The van der Waals surface area contributed by atoms with Gasteiger partial charge in [-0.2, -0.15) is 0 Å². The Morgan fingerprint density at radius 2 is 2.00 bits per heavy atom. The zero-order valence-corrected chi connectivity index (χ0v) is 19.7. The van der Waals surface area contributed by atoms with E-state index in [-0.39, 0.29) is 9.09 Å². The number of rotatable bonds is 5. The number of thiophene rings is 1. The van der Waals surface area contributed by atoms with Gasteiger partial charge in [-0.1, -0.05) is 0 Å². The number of urea groups is 1. The molecule has 2 amide bonds. The van der Waals surface area contributed by atoms with E-state index < -0.39 is 27.4 Å². The van der Waals surface area contributed by atoms with Crippen LogP contribution < -0.4 is 10.5 Å². The maximum absolute atomic E-state index is 14.5. The summed E-state index contributed by atoms with van der Waals surface area (Å²) >= 11 is 0.765. The molecule has 0 aromatic carbocycles. The number of aromatic nitrogens is 1. The molecule has 0 saturated heterocycles. The molecule has 0 aliphatic heterocycles. The van der Waals surface area contributed by atoms with Crippen molar-refractivity contribution in [2.75, 3.05) is 5.32 Å². The highest BCUT2D eigenvalue weighted by molar-refractivity contribution is 7.93. The van der Waals surface area contributed by atoms with E-state index in [2.05, 4.69) is 9.68 Å². The summed E-state index contributed by atoms with van der Waals surface area (Å²) < 4.78 is 30.8. The van der Waals surface area contributed by atoms with Gasteiger partial charge >= 0.3 is 6.03 Å². The Kier molecular flexibility index (Phi) is 5.20. The molecule has 32 heavy (non-hydrogen) atoms. The van der Waals surface area contributed by atoms with E-state index in [1.54, 1.807) is 0 Å². The van der Waals surface area contributed by atoms with Crippen molar-refractivity contribution in [2.24, 2.45) is 9.50 Å². The number of pyridine rings is 1. The second kappa shape index (κ2) is 7.58. The fourth-order valence-electron chi connectivity index (χ4n) is 4.36. The van der Waals surface area contributed by atoms with Gasteiger partial charge in [0.2, 0.25) is 0 Å². The summed E-state index contributed by atoms with van der Waals surface area (Å²) in [6.07, 6.45) is 7.04. The van der Waals surface area contributed by atoms with Crippen LogP contribution in [0.4, 0.5) is 14.9 Å². The average molecular weight is 479 g/mol. The van der Waals surface area contributed by atoms with Crippen LogP contribution in [-0.4, -0.2) is 20.3 Å². The third-order valence-electron chi connectivity index (χ3n) is 6.22. The summed E-state index contributed by atoms with van der Waals surface area (Å²) in [6.45, 7) is 2.98. The Bertz CT molecular complexity index is 1230. The van der Waals surface area contributed by atoms with Crippen LogP contribution in [-0.2, 0) is 28.4 Å². The lowest BCUT2D eigenvalue weighted by molar-refractivity contribution is 0.0823. The van der Waals surface area contributed by atoms with E-state index in [1.807, 2.05) is 0 Å². The maximum Gasteiger partial charge on any atom is 0.354 e. The lowest BCUT2D eigenvalue weighted by Gasteiger charge is -2.18. The number of nitrogens with two attached hydrogens (primary N) is 1. The molecule has 2 saturated carbocycles. The number of hydrogen-bond acceptors (Lipinski definition) is 5. The molecule has 5 rings (SSSR count). The Labute approximate surface area is 191 Å². The number of hydrogen-bond donors (Lipinski definition) is 3. The number of carbonyl (C=O) groups excluding carboxylic acids is 1. The minimum Gasteiger partial charge on any atom is -0.385 e. The fraction of sp³-hybridized carbons (Fsp3) is 0.545. The molecule has 2 heterocycles. The Balaban J connectivity index is 1.52. The summed E-state index contributed by atoms with van der Waals surface area (Å²) in [6, 6.07) is 0.238. The van der Waals surface area contributed by atoms with Gasteiger partial charge in [0.05, 0.1) is 11.3 Å². The smallest absolute Gasteiger partial charge is 0.354 e. The molecule has 2 fully saturated rings. The predicted octanol–water partition coefficient (Wildman–Crippen LogP) is 4.69. The molecule has 7 nitrogen and oxygen atoms in total. The molecule has 2 aromatic rings. The molecule has 1 atom stereocenters. The zero-order chi connectivity index (χ0) is 22.8. The lowest BCUT2D eigenvalue weighted by atomic mass is 9.98. The first-order valence-corrected chi connectivity index (χ1v) is 13.4. The van der Waals surface area contributed by atoms with Crippen LogP contribution in [0.3, 0.4) is 0 Å². The molecule has 3 aliphatic rings. The Morgan fingerprint density at radius 1 is 1.31 bits per heavy atom. The number of carbonyl (C=O) groups is 1. The van der Waals surface area contributed by atoms with Crippen molar-refractivity contribution in [3.63, 3.8) is 0 Å². The second-order valence-electron chi connectivity index (χ2n) is 9.51. The van der Waals surface area contributed by atoms with Crippen LogP contribution in [0.25, 0.3) is 0 Å². The van der Waals surface area contributed by atoms with Crippen LogP contribution >= 0.6 is 11.3 Å². The van der Waals surface area contributed by atoms with E-state index in [1.165, 1.54) is 13.8 Å². The molecule has 3 aliphatic carbocycles. The quantitative estimate of drug-likeness (QED) is 0.578. The van der Waals surface area contributed by atoms with Gasteiger partial charge in [-0.05, 0) is 76.3 Å². The maximum atomic E-state index is 14.5. The molecule has 10 heteroatoms. The standard InChI is InChI=1S/C22H27FN4O3S2/c1-22(2,29)16-10-14(23)20(31-16)32(24,30)27-21(28)26-19-13-4-3-5-15(13)25-18(12-8-9-12)17(19)11-6-7-11/h10-12,29H,3-9H2,1-2H3,(H3,24,25,26,27,28,30)/t32-/m0/s1. The number of aryl methyl sites for hydroxylation is 1. The predicted molar refractivity (Wildman–Crippen MR) is 122 cm³/mol. The topological polar surface area (TPSA) is 118 Å². The van der Waals surface area contributed by atoms with Crippen molar-refractivity contribution < 1.29 is 18.5 Å². The first-order chi connectivity index (χ1) is 15.0. The van der Waals surface area contributed by atoms with E-state index in [4.69, 9.17) is 10.1 Å². The van der Waals surface area contributed by atoms with Gasteiger partial charge in [-0.25, -0.2) is 18.5 Å². The van der Waals surface area contributed by atoms with E-state index in [9.17, 15) is 18.5 Å². The molecule has 0 radical (unpaired) electrons. The third-order valence-corrected chi connectivity index (χ3v) is 9.56.